The van der Waals surface area contributed by atoms with Crippen LogP contribution in [-0.2, 0) is 0 Å². The molecule has 0 aliphatic heterocycles. The van der Waals surface area contributed by atoms with E-state index >= 15 is 0 Å². The Labute approximate surface area is 90.1 Å². The standard InChI is InChI=1S/C10H8INO/c1-7-3-2-4-8(5-7)9-6-12-10(11)13-9/h2-6H,1H3. The van der Waals surface area contributed by atoms with Crippen molar-refractivity contribution in [2.24, 2.45) is 0 Å². The minimum atomic E-state index is 0.675. The van der Waals surface area contributed by atoms with Crippen molar-refractivity contribution in [2.45, 2.75) is 6.92 Å². The number of benzene rings is 1. The number of aromatic nitrogens is 1. The maximum atomic E-state index is 5.40. The smallest absolute Gasteiger partial charge is 0.257 e. The lowest BCUT2D eigenvalue weighted by atomic mass is 10.1. The summed E-state index contributed by atoms with van der Waals surface area (Å²) in [5.41, 5.74) is 2.30. The first-order valence-corrected chi connectivity index (χ1v) is 5.02. The molecule has 2 nitrogen and oxygen atoms in total. The van der Waals surface area contributed by atoms with Gasteiger partial charge in [0, 0.05) is 28.2 Å². The largest absolute Gasteiger partial charge is 0.432 e. The summed E-state index contributed by atoms with van der Waals surface area (Å²) in [4.78, 5) is 4.04. The van der Waals surface area contributed by atoms with Gasteiger partial charge in [-0.1, -0.05) is 23.8 Å². The van der Waals surface area contributed by atoms with Crippen LogP contribution < -0.4 is 0 Å². The van der Waals surface area contributed by atoms with Gasteiger partial charge in [-0.3, -0.25) is 0 Å². The van der Waals surface area contributed by atoms with E-state index in [4.69, 9.17) is 4.42 Å². The molecule has 1 heterocycles. The molecule has 0 radical (unpaired) electrons. The topological polar surface area (TPSA) is 26.0 Å². The molecule has 0 aliphatic carbocycles. The van der Waals surface area contributed by atoms with Crippen LogP contribution in [0.4, 0.5) is 0 Å². The second-order valence-corrected chi connectivity index (χ2v) is 3.77. The minimum absolute atomic E-state index is 0.675. The molecular formula is C10H8INO. The number of rotatable bonds is 1. The molecule has 0 unspecified atom stereocenters. The lowest BCUT2D eigenvalue weighted by molar-refractivity contribution is 0.538. The fourth-order valence-electron chi connectivity index (χ4n) is 1.18. The molecule has 1 aromatic heterocycles. The van der Waals surface area contributed by atoms with Crippen LogP contribution in [0, 0.1) is 10.8 Å². The normalized spacial score (nSPS) is 10.3. The zero-order valence-electron chi connectivity index (χ0n) is 7.12. The van der Waals surface area contributed by atoms with Gasteiger partial charge in [-0.25, -0.2) is 4.98 Å². The van der Waals surface area contributed by atoms with E-state index in [9.17, 15) is 0 Å². The molecule has 66 valence electrons. The maximum absolute atomic E-state index is 5.40. The molecule has 0 aliphatic rings. The number of halogens is 1. The lowest BCUT2D eigenvalue weighted by Gasteiger charge is -1.96. The molecule has 0 saturated carbocycles. The SMILES string of the molecule is Cc1cccc(-c2cnc(I)o2)c1. The lowest BCUT2D eigenvalue weighted by Crippen LogP contribution is -1.75. The van der Waals surface area contributed by atoms with Gasteiger partial charge in [0.1, 0.15) is 0 Å². The van der Waals surface area contributed by atoms with Gasteiger partial charge < -0.3 is 4.42 Å². The Bertz CT molecular complexity index is 422. The summed E-state index contributed by atoms with van der Waals surface area (Å²) in [5.74, 6) is 0.827. The minimum Gasteiger partial charge on any atom is -0.432 e. The first-order chi connectivity index (χ1) is 6.25. The third-order valence-electron chi connectivity index (χ3n) is 1.78. The summed E-state index contributed by atoms with van der Waals surface area (Å²) in [6, 6.07) is 8.17. The summed E-state index contributed by atoms with van der Waals surface area (Å²) < 4.78 is 6.08. The Hall–Kier alpha value is -0.840. The first kappa shape index (κ1) is 8.74. The maximum Gasteiger partial charge on any atom is 0.257 e. The third-order valence-corrected chi connectivity index (χ3v) is 2.28. The molecule has 0 amide bonds. The van der Waals surface area contributed by atoms with Crippen molar-refractivity contribution >= 4 is 22.6 Å². The molecule has 0 atom stereocenters. The first-order valence-electron chi connectivity index (χ1n) is 3.94. The predicted molar refractivity (Wildman–Crippen MR) is 59.4 cm³/mol. The van der Waals surface area contributed by atoms with Crippen LogP contribution in [-0.4, -0.2) is 4.98 Å². The Balaban J connectivity index is 2.46. The van der Waals surface area contributed by atoms with E-state index in [1.54, 1.807) is 6.20 Å². The summed E-state index contributed by atoms with van der Waals surface area (Å²) >= 11 is 2.06. The van der Waals surface area contributed by atoms with Gasteiger partial charge in [-0.15, -0.1) is 0 Å². The quantitative estimate of drug-likeness (QED) is 0.752. The van der Waals surface area contributed by atoms with Gasteiger partial charge >= 0.3 is 0 Å². The van der Waals surface area contributed by atoms with E-state index in [1.165, 1.54) is 5.56 Å². The summed E-state index contributed by atoms with van der Waals surface area (Å²) in [6.07, 6.45) is 1.75. The third kappa shape index (κ3) is 1.91. The Kier molecular flexibility index (Phi) is 2.35. The van der Waals surface area contributed by atoms with Crippen LogP contribution >= 0.6 is 22.6 Å². The molecule has 0 bridgehead atoms. The van der Waals surface area contributed by atoms with Gasteiger partial charge in [0.15, 0.2) is 5.76 Å². The van der Waals surface area contributed by atoms with E-state index in [2.05, 4.69) is 46.6 Å². The van der Waals surface area contributed by atoms with E-state index < -0.39 is 0 Å². The number of hydrogen-bond acceptors (Lipinski definition) is 2. The number of oxazole rings is 1. The van der Waals surface area contributed by atoms with Crippen LogP contribution in [0.2, 0.25) is 0 Å². The van der Waals surface area contributed by atoms with E-state index in [-0.39, 0.29) is 0 Å². The Morgan fingerprint density at radius 2 is 2.23 bits per heavy atom. The van der Waals surface area contributed by atoms with Crippen molar-refractivity contribution < 1.29 is 4.42 Å². The zero-order chi connectivity index (χ0) is 9.26. The highest BCUT2D eigenvalue weighted by molar-refractivity contribution is 14.1. The molecule has 0 N–H and O–H groups in total. The van der Waals surface area contributed by atoms with Crippen molar-refractivity contribution in [3.05, 3.63) is 39.9 Å². The fraction of sp³-hybridized carbons (Fsp3) is 0.100. The molecule has 1 aromatic carbocycles. The summed E-state index contributed by atoms with van der Waals surface area (Å²) in [6.45, 7) is 2.06. The van der Waals surface area contributed by atoms with Crippen molar-refractivity contribution in [3.63, 3.8) is 0 Å². The monoisotopic (exact) mass is 285 g/mol. The summed E-state index contributed by atoms with van der Waals surface area (Å²) in [7, 11) is 0. The van der Waals surface area contributed by atoms with Crippen molar-refractivity contribution in [1.82, 2.24) is 4.98 Å². The van der Waals surface area contributed by atoms with Gasteiger partial charge in [0.05, 0.1) is 6.20 Å². The Morgan fingerprint density at radius 1 is 1.38 bits per heavy atom. The van der Waals surface area contributed by atoms with Gasteiger partial charge in [-0.05, 0) is 13.0 Å². The highest BCUT2D eigenvalue weighted by atomic mass is 127. The summed E-state index contributed by atoms with van der Waals surface area (Å²) in [5, 5.41) is 0. The number of aryl methyl sites for hydroxylation is 1. The Morgan fingerprint density at radius 3 is 2.85 bits per heavy atom. The van der Waals surface area contributed by atoms with Gasteiger partial charge in [-0.2, -0.15) is 0 Å². The average Bonchev–Trinajstić information content (AvgIpc) is 2.52. The molecule has 0 saturated heterocycles. The molecule has 0 spiro atoms. The van der Waals surface area contributed by atoms with E-state index in [0.29, 0.717) is 3.90 Å². The highest BCUT2D eigenvalue weighted by Gasteiger charge is 2.03. The van der Waals surface area contributed by atoms with Crippen LogP contribution in [0.3, 0.4) is 0 Å². The number of hydrogen-bond donors (Lipinski definition) is 0. The van der Waals surface area contributed by atoms with Crippen molar-refractivity contribution in [2.75, 3.05) is 0 Å². The van der Waals surface area contributed by atoms with Crippen LogP contribution in [0.15, 0.2) is 34.9 Å². The predicted octanol–water partition coefficient (Wildman–Crippen LogP) is 3.25. The van der Waals surface area contributed by atoms with Crippen molar-refractivity contribution in [3.8, 4) is 11.3 Å². The molecular weight excluding hydrogens is 277 g/mol. The van der Waals surface area contributed by atoms with Crippen molar-refractivity contribution in [1.29, 1.82) is 0 Å². The number of nitrogens with zero attached hydrogens (tertiary/aromatic N) is 1. The fourth-order valence-corrected chi connectivity index (χ4v) is 1.56. The van der Waals surface area contributed by atoms with Gasteiger partial charge in [0.2, 0.25) is 0 Å². The molecule has 2 rings (SSSR count). The van der Waals surface area contributed by atoms with E-state index in [1.807, 2.05) is 12.1 Å². The molecule has 0 fully saturated rings. The zero-order valence-corrected chi connectivity index (χ0v) is 9.28. The van der Waals surface area contributed by atoms with Crippen LogP contribution in [0.5, 0.6) is 0 Å². The molecule has 13 heavy (non-hydrogen) atoms. The molecule has 2 aromatic rings. The second-order valence-electron chi connectivity index (χ2n) is 2.85. The molecule has 3 heteroatoms. The van der Waals surface area contributed by atoms with Crippen LogP contribution in [0.1, 0.15) is 5.56 Å². The van der Waals surface area contributed by atoms with E-state index in [0.717, 1.165) is 11.3 Å². The second kappa shape index (κ2) is 3.49. The van der Waals surface area contributed by atoms with Gasteiger partial charge in [0.25, 0.3) is 3.90 Å². The van der Waals surface area contributed by atoms with Crippen LogP contribution in [0.25, 0.3) is 11.3 Å². The highest BCUT2D eigenvalue weighted by Crippen LogP contribution is 2.21. The average molecular weight is 285 g/mol.